The largest absolute Gasteiger partial charge is 0.496 e. The van der Waals surface area contributed by atoms with E-state index in [9.17, 15) is 4.79 Å². The van der Waals surface area contributed by atoms with E-state index >= 15 is 0 Å². The maximum absolute atomic E-state index is 12.7. The first-order valence-corrected chi connectivity index (χ1v) is 6.70. The van der Waals surface area contributed by atoms with E-state index in [1.54, 1.807) is 18.0 Å². The number of aromatic nitrogens is 2. The summed E-state index contributed by atoms with van der Waals surface area (Å²) in [6.07, 6.45) is 2.54. The molecule has 0 amide bonds. The zero-order valence-corrected chi connectivity index (χ0v) is 12.7. The molecule has 0 spiro atoms. The Morgan fingerprint density at radius 1 is 1.25 bits per heavy atom. The topological polar surface area (TPSA) is 44.1 Å². The molecule has 20 heavy (non-hydrogen) atoms. The molecule has 0 aliphatic rings. The van der Waals surface area contributed by atoms with Crippen molar-refractivity contribution in [3.05, 3.63) is 46.3 Å². The SMILES string of the molecule is CCc1nn(C)cc1C(=O)c1cc(C)c(OC)cc1C. The molecule has 4 nitrogen and oxygen atoms in total. The number of nitrogens with zero attached hydrogens (tertiary/aromatic N) is 2. The summed E-state index contributed by atoms with van der Waals surface area (Å²) < 4.78 is 6.98. The molecule has 0 saturated carbocycles. The minimum absolute atomic E-state index is 0.0261. The van der Waals surface area contributed by atoms with Gasteiger partial charge in [0.1, 0.15) is 5.75 Å². The van der Waals surface area contributed by atoms with Gasteiger partial charge in [-0.1, -0.05) is 6.92 Å². The van der Waals surface area contributed by atoms with Crippen molar-refractivity contribution in [2.75, 3.05) is 7.11 Å². The lowest BCUT2D eigenvalue weighted by molar-refractivity contribution is 0.103. The second kappa shape index (κ2) is 5.49. The Hall–Kier alpha value is -2.10. The number of hydrogen-bond donors (Lipinski definition) is 0. The monoisotopic (exact) mass is 272 g/mol. The summed E-state index contributed by atoms with van der Waals surface area (Å²) in [5.41, 5.74) is 4.12. The second-order valence-corrected chi connectivity index (χ2v) is 4.98. The Bertz CT molecular complexity index is 657. The molecule has 0 aliphatic heterocycles. The summed E-state index contributed by atoms with van der Waals surface area (Å²) in [4.78, 5) is 12.7. The van der Waals surface area contributed by atoms with E-state index in [0.29, 0.717) is 11.1 Å². The van der Waals surface area contributed by atoms with Crippen LogP contribution < -0.4 is 4.74 Å². The van der Waals surface area contributed by atoms with E-state index in [2.05, 4.69) is 5.10 Å². The molecule has 0 N–H and O–H groups in total. The third kappa shape index (κ3) is 2.46. The van der Waals surface area contributed by atoms with Gasteiger partial charge in [-0.15, -0.1) is 0 Å². The number of carbonyl (C=O) groups excluding carboxylic acids is 1. The van der Waals surface area contributed by atoms with Gasteiger partial charge in [0.05, 0.1) is 18.4 Å². The number of hydrogen-bond acceptors (Lipinski definition) is 3. The number of ketones is 1. The van der Waals surface area contributed by atoms with Gasteiger partial charge in [0.25, 0.3) is 0 Å². The fraction of sp³-hybridized carbons (Fsp3) is 0.375. The van der Waals surface area contributed by atoms with Gasteiger partial charge < -0.3 is 4.74 Å². The maximum atomic E-state index is 12.7. The summed E-state index contributed by atoms with van der Waals surface area (Å²) >= 11 is 0. The molecule has 4 heteroatoms. The van der Waals surface area contributed by atoms with Crippen LogP contribution in [0.25, 0.3) is 0 Å². The van der Waals surface area contributed by atoms with Crippen molar-refractivity contribution in [1.29, 1.82) is 0 Å². The van der Waals surface area contributed by atoms with Crippen molar-refractivity contribution >= 4 is 5.78 Å². The molecule has 1 aromatic heterocycles. The summed E-state index contributed by atoms with van der Waals surface area (Å²) in [5.74, 6) is 0.833. The van der Waals surface area contributed by atoms with E-state index in [-0.39, 0.29) is 5.78 Å². The Morgan fingerprint density at radius 2 is 1.95 bits per heavy atom. The number of rotatable bonds is 4. The summed E-state index contributed by atoms with van der Waals surface area (Å²) in [7, 11) is 3.47. The molecular formula is C16H20N2O2. The van der Waals surface area contributed by atoms with Gasteiger partial charge in [0.15, 0.2) is 5.78 Å². The molecule has 2 aromatic rings. The van der Waals surface area contributed by atoms with Crippen LogP contribution in [0.15, 0.2) is 18.3 Å². The number of benzene rings is 1. The Labute approximate surface area is 119 Å². The van der Waals surface area contributed by atoms with Crippen molar-refractivity contribution in [1.82, 2.24) is 9.78 Å². The van der Waals surface area contributed by atoms with E-state index in [1.165, 1.54) is 0 Å². The van der Waals surface area contributed by atoms with E-state index < -0.39 is 0 Å². The first-order valence-electron chi connectivity index (χ1n) is 6.70. The third-order valence-electron chi connectivity index (χ3n) is 3.47. The molecule has 1 aromatic carbocycles. The lowest BCUT2D eigenvalue weighted by Gasteiger charge is -2.10. The number of carbonyl (C=O) groups is 1. The zero-order chi connectivity index (χ0) is 14.9. The minimum atomic E-state index is 0.0261. The zero-order valence-electron chi connectivity index (χ0n) is 12.7. The highest BCUT2D eigenvalue weighted by atomic mass is 16.5. The van der Waals surface area contributed by atoms with Crippen molar-refractivity contribution in [2.24, 2.45) is 7.05 Å². The van der Waals surface area contributed by atoms with Crippen LogP contribution in [0.4, 0.5) is 0 Å². The summed E-state index contributed by atoms with van der Waals surface area (Å²) in [6, 6.07) is 3.80. The van der Waals surface area contributed by atoms with Crippen molar-refractivity contribution < 1.29 is 9.53 Å². The molecule has 0 fully saturated rings. The third-order valence-corrected chi connectivity index (χ3v) is 3.47. The predicted molar refractivity (Wildman–Crippen MR) is 78.5 cm³/mol. The van der Waals surface area contributed by atoms with E-state index in [4.69, 9.17) is 4.74 Å². The first-order chi connectivity index (χ1) is 9.47. The molecule has 0 bridgehead atoms. The second-order valence-electron chi connectivity index (χ2n) is 4.98. The molecule has 1 heterocycles. The average Bonchev–Trinajstić information content (AvgIpc) is 2.81. The molecule has 0 aliphatic carbocycles. The number of aryl methyl sites for hydroxylation is 4. The highest BCUT2D eigenvalue weighted by Gasteiger charge is 2.19. The van der Waals surface area contributed by atoms with Crippen LogP contribution in [0.1, 0.15) is 39.7 Å². The van der Waals surface area contributed by atoms with Crippen LogP contribution in [0.2, 0.25) is 0 Å². The summed E-state index contributed by atoms with van der Waals surface area (Å²) in [6.45, 7) is 5.88. The van der Waals surface area contributed by atoms with E-state index in [0.717, 1.165) is 29.0 Å². The van der Waals surface area contributed by atoms with Crippen molar-refractivity contribution in [3.8, 4) is 5.75 Å². The predicted octanol–water partition coefficient (Wildman–Crippen LogP) is 2.84. The highest BCUT2D eigenvalue weighted by molar-refractivity contribution is 6.10. The normalized spacial score (nSPS) is 10.7. The van der Waals surface area contributed by atoms with E-state index in [1.807, 2.05) is 40.0 Å². The molecular weight excluding hydrogens is 252 g/mol. The fourth-order valence-corrected chi connectivity index (χ4v) is 2.38. The van der Waals surface area contributed by atoms with Crippen LogP contribution in [0.5, 0.6) is 5.75 Å². The minimum Gasteiger partial charge on any atom is -0.496 e. The molecule has 0 unspecified atom stereocenters. The molecule has 0 saturated heterocycles. The van der Waals surface area contributed by atoms with Gasteiger partial charge in [-0.2, -0.15) is 5.10 Å². The lowest BCUT2D eigenvalue weighted by Crippen LogP contribution is -2.06. The van der Waals surface area contributed by atoms with Crippen molar-refractivity contribution in [2.45, 2.75) is 27.2 Å². The number of ether oxygens (including phenoxy) is 1. The van der Waals surface area contributed by atoms with Crippen LogP contribution in [-0.2, 0) is 13.5 Å². The van der Waals surface area contributed by atoms with Gasteiger partial charge in [0.2, 0.25) is 0 Å². The first kappa shape index (κ1) is 14.3. The standard InChI is InChI=1S/C16H20N2O2/c1-6-14-13(9-18(4)17-14)16(19)12-7-11(3)15(20-5)8-10(12)2/h7-9H,6H2,1-5H3. The number of methoxy groups -OCH3 is 1. The van der Waals surface area contributed by atoms with Crippen LogP contribution >= 0.6 is 0 Å². The Morgan fingerprint density at radius 3 is 2.55 bits per heavy atom. The Kier molecular flexibility index (Phi) is 3.93. The van der Waals surface area contributed by atoms with Gasteiger partial charge in [-0.05, 0) is 43.5 Å². The average molecular weight is 272 g/mol. The molecule has 0 radical (unpaired) electrons. The van der Waals surface area contributed by atoms with Crippen LogP contribution in [-0.4, -0.2) is 22.7 Å². The summed E-state index contributed by atoms with van der Waals surface area (Å²) in [5, 5.41) is 4.33. The van der Waals surface area contributed by atoms with Crippen LogP contribution in [0, 0.1) is 13.8 Å². The fourth-order valence-electron chi connectivity index (χ4n) is 2.38. The van der Waals surface area contributed by atoms with Crippen molar-refractivity contribution in [3.63, 3.8) is 0 Å². The quantitative estimate of drug-likeness (QED) is 0.804. The molecule has 106 valence electrons. The van der Waals surface area contributed by atoms with Crippen LogP contribution in [0.3, 0.4) is 0 Å². The molecule has 2 rings (SSSR count). The molecule has 0 atom stereocenters. The van der Waals surface area contributed by atoms with Gasteiger partial charge in [-0.25, -0.2) is 0 Å². The smallest absolute Gasteiger partial charge is 0.196 e. The highest BCUT2D eigenvalue weighted by Crippen LogP contribution is 2.25. The van der Waals surface area contributed by atoms with Gasteiger partial charge in [0, 0.05) is 18.8 Å². The van der Waals surface area contributed by atoms with Gasteiger partial charge >= 0.3 is 0 Å². The lowest BCUT2D eigenvalue weighted by atomic mass is 9.96. The Balaban J connectivity index is 2.50. The van der Waals surface area contributed by atoms with Gasteiger partial charge in [-0.3, -0.25) is 9.48 Å². The maximum Gasteiger partial charge on any atom is 0.196 e.